The summed E-state index contributed by atoms with van der Waals surface area (Å²) in [5.74, 6) is -0.369. The quantitative estimate of drug-likeness (QED) is 0.0953. The summed E-state index contributed by atoms with van der Waals surface area (Å²) in [5, 5.41) is 19.3. The molecule has 9 heteroatoms. The zero-order valence-electron chi connectivity index (χ0n) is 21.0. The zero-order chi connectivity index (χ0) is 25.2. The van der Waals surface area contributed by atoms with E-state index in [1.807, 2.05) is 0 Å². The van der Waals surface area contributed by atoms with Crippen LogP contribution in [0.25, 0.3) is 0 Å². The molecule has 198 valence electrons. The van der Waals surface area contributed by atoms with Gasteiger partial charge in [-0.05, 0) is 25.7 Å². The number of amidine groups is 1. The van der Waals surface area contributed by atoms with Crippen molar-refractivity contribution < 1.29 is 32.6 Å². The molecular weight excluding hydrogens is 456 g/mol. The highest BCUT2D eigenvalue weighted by atomic mass is 32.2. The average molecular weight is 504 g/mol. The molecule has 0 aromatic heterocycles. The van der Waals surface area contributed by atoms with E-state index in [1.54, 1.807) is 9.48 Å². The molecule has 0 saturated heterocycles. The van der Waals surface area contributed by atoms with E-state index in [1.165, 1.54) is 57.8 Å². The lowest BCUT2D eigenvalue weighted by Crippen LogP contribution is -2.40. The summed E-state index contributed by atoms with van der Waals surface area (Å²) < 4.78 is 32.6. The number of Topliss-reactive ketones (excluding diaryl/α,β-unsaturated/α-hetero) is 1. The molecule has 8 nitrogen and oxygen atoms in total. The fourth-order valence-electron chi connectivity index (χ4n) is 4.37. The van der Waals surface area contributed by atoms with Crippen LogP contribution in [-0.4, -0.2) is 88.9 Å². The van der Waals surface area contributed by atoms with Gasteiger partial charge in [0, 0.05) is 6.42 Å². The minimum absolute atomic E-state index is 0.0435. The molecule has 0 spiro atoms. The third-order valence-corrected chi connectivity index (χ3v) is 6.90. The number of unbranched alkanes of at least 4 members (excludes halogenated alkanes) is 10. The van der Waals surface area contributed by atoms with E-state index in [0.717, 1.165) is 19.3 Å². The number of carbonyl (C=O) groups is 1. The highest BCUT2D eigenvalue weighted by Crippen LogP contribution is 2.13. The minimum atomic E-state index is -4.29. The Morgan fingerprint density at radius 2 is 1.62 bits per heavy atom. The van der Waals surface area contributed by atoms with Crippen molar-refractivity contribution in [1.29, 1.82) is 0 Å². The molecule has 1 aliphatic heterocycles. The van der Waals surface area contributed by atoms with Crippen LogP contribution in [0.4, 0.5) is 0 Å². The molecule has 0 amide bonds. The predicted octanol–water partition coefficient (Wildman–Crippen LogP) is 3.17. The first-order valence-corrected chi connectivity index (χ1v) is 14.7. The summed E-state index contributed by atoms with van der Waals surface area (Å²) >= 11 is 0. The van der Waals surface area contributed by atoms with Crippen LogP contribution >= 0.6 is 0 Å². The van der Waals surface area contributed by atoms with E-state index in [9.17, 15) is 23.4 Å². The second-order valence-corrected chi connectivity index (χ2v) is 10.8. The second kappa shape index (κ2) is 18.0. The van der Waals surface area contributed by atoms with Gasteiger partial charge >= 0.3 is 5.84 Å². The van der Waals surface area contributed by atoms with Gasteiger partial charge in [-0.2, -0.15) is 8.42 Å². The highest BCUT2D eigenvalue weighted by molar-refractivity contribution is 7.85. The standard InChI is InChI=1S/C25H46N2O6S/c1-2-3-4-5-6-7-8-9-10-11-12-13-14-15-16-24(30)25-26(19-20-28)17-18-27(25)21-23(29)22-34(31,32)33/h4-5,23,28-29H,2-3,6-22H2,1H3/p+1/b5-4+. The van der Waals surface area contributed by atoms with Crippen molar-refractivity contribution in [3.8, 4) is 0 Å². The maximum absolute atomic E-state index is 12.9. The van der Waals surface area contributed by atoms with Gasteiger partial charge in [0.2, 0.25) is 5.78 Å². The van der Waals surface area contributed by atoms with Crippen LogP contribution in [0.5, 0.6) is 0 Å². The fraction of sp³-hybridized carbons (Fsp3) is 0.840. The van der Waals surface area contributed by atoms with Gasteiger partial charge in [0.1, 0.15) is 38.0 Å². The summed E-state index contributed by atoms with van der Waals surface area (Å²) in [7, 11) is -4.29. The van der Waals surface area contributed by atoms with Crippen LogP contribution < -0.4 is 0 Å². The lowest BCUT2D eigenvalue weighted by Gasteiger charge is -2.13. The van der Waals surface area contributed by atoms with Crippen molar-refractivity contribution in [2.24, 2.45) is 0 Å². The van der Waals surface area contributed by atoms with Gasteiger partial charge in [0.05, 0.1) is 6.61 Å². The molecule has 0 fully saturated rings. The Morgan fingerprint density at radius 3 is 2.21 bits per heavy atom. The van der Waals surface area contributed by atoms with Crippen molar-refractivity contribution in [2.75, 3.05) is 38.5 Å². The molecule has 3 N–H and O–H groups in total. The maximum atomic E-state index is 12.9. The van der Waals surface area contributed by atoms with Crippen LogP contribution in [-0.2, 0) is 14.9 Å². The van der Waals surface area contributed by atoms with E-state index in [0.29, 0.717) is 31.9 Å². The number of hydrogen-bond donors (Lipinski definition) is 3. The van der Waals surface area contributed by atoms with Crippen LogP contribution in [0, 0.1) is 0 Å². The number of aliphatic hydroxyl groups excluding tert-OH is 2. The van der Waals surface area contributed by atoms with Crippen molar-refractivity contribution >= 4 is 21.7 Å². The molecule has 0 saturated carbocycles. The van der Waals surface area contributed by atoms with Gasteiger partial charge < -0.3 is 10.2 Å². The molecule has 1 aliphatic rings. The molecule has 1 unspecified atom stereocenters. The highest BCUT2D eigenvalue weighted by Gasteiger charge is 2.36. The molecule has 0 bridgehead atoms. The summed E-state index contributed by atoms with van der Waals surface area (Å²) in [6, 6.07) is 0. The lowest BCUT2D eigenvalue weighted by atomic mass is 10.0. The van der Waals surface area contributed by atoms with Crippen LogP contribution in [0.3, 0.4) is 0 Å². The van der Waals surface area contributed by atoms with E-state index in [-0.39, 0.29) is 18.9 Å². The number of β-amino-alcohol motifs (C(OH)–C–C–N with tert-alkyl or cyclic N) is 2. The van der Waals surface area contributed by atoms with Gasteiger partial charge in [-0.15, -0.1) is 0 Å². The minimum Gasteiger partial charge on any atom is -0.392 e. The Balaban J connectivity index is 2.29. The maximum Gasteiger partial charge on any atom is 0.316 e. The number of carbonyl (C=O) groups excluding carboxylic acids is 1. The SMILES string of the molecule is CCC/C=C/CCCCCCCCCCCC(=O)C1=[N+](CC(O)CS(=O)(=O)O)CCN1CCO. The predicted molar refractivity (Wildman–Crippen MR) is 136 cm³/mol. The van der Waals surface area contributed by atoms with Crippen molar-refractivity contribution in [2.45, 2.75) is 96.5 Å². The Labute approximate surface area is 206 Å². The topological polar surface area (TPSA) is 118 Å². The first kappa shape index (κ1) is 30.7. The van der Waals surface area contributed by atoms with Gasteiger partial charge in [-0.1, -0.05) is 70.4 Å². The van der Waals surface area contributed by atoms with Crippen LogP contribution in [0.1, 0.15) is 90.4 Å². The van der Waals surface area contributed by atoms with E-state index < -0.39 is 22.0 Å². The third kappa shape index (κ3) is 14.2. The second-order valence-electron chi connectivity index (χ2n) is 9.29. The van der Waals surface area contributed by atoms with Crippen molar-refractivity contribution in [3.63, 3.8) is 0 Å². The first-order chi connectivity index (χ1) is 16.3. The van der Waals surface area contributed by atoms with E-state index >= 15 is 0 Å². The normalized spacial score (nSPS) is 15.6. The molecular formula is C25H47N2O6S+. The zero-order valence-corrected chi connectivity index (χ0v) is 21.9. The van der Waals surface area contributed by atoms with Gasteiger partial charge in [-0.25, -0.2) is 0 Å². The number of rotatable bonds is 21. The number of aliphatic hydroxyl groups is 2. The molecule has 0 aromatic rings. The molecule has 0 aliphatic carbocycles. The third-order valence-electron chi connectivity index (χ3n) is 6.09. The molecule has 1 heterocycles. The smallest absolute Gasteiger partial charge is 0.316 e. The van der Waals surface area contributed by atoms with Gasteiger partial charge in [0.25, 0.3) is 10.1 Å². The number of allylic oxidation sites excluding steroid dienone is 2. The van der Waals surface area contributed by atoms with E-state index in [2.05, 4.69) is 19.1 Å². The summed E-state index contributed by atoms with van der Waals surface area (Å²) in [5.41, 5.74) is 0. The number of hydrogen-bond acceptors (Lipinski definition) is 6. The Kier molecular flexibility index (Phi) is 16.3. The summed E-state index contributed by atoms with van der Waals surface area (Å²) in [6.45, 7) is 3.39. The van der Waals surface area contributed by atoms with Gasteiger partial charge in [-0.3, -0.25) is 18.8 Å². The Bertz CT molecular complexity index is 736. The summed E-state index contributed by atoms with van der Waals surface area (Å²) in [6.07, 6.45) is 17.7. The monoisotopic (exact) mass is 503 g/mol. The van der Waals surface area contributed by atoms with Crippen LogP contribution in [0.2, 0.25) is 0 Å². The molecule has 1 rings (SSSR count). The molecule has 0 aromatic carbocycles. The Morgan fingerprint density at radius 1 is 1.03 bits per heavy atom. The Hall–Kier alpha value is -1.29. The number of nitrogens with zero attached hydrogens (tertiary/aromatic N) is 2. The first-order valence-electron chi connectivity index (χ1n) is 13.1. The average Bonchev–Trinajstić information content (AvgIpc) is 3.14. The lowest BCUT2D eigenvalue weighted by molar-refractivity contribution is -0.525. The number of ketones is 1. The summed E-state index contributed by atoms with van der Waals surface area (Å²) in [4.78, 5) is 14.7. The molecule has 34 heavy (non-hydrogen) atoms. The molecule has 0 radical (unpaired) electrons. The molecule has 1 atom stereocenters. The van der Waals surface area contributed by atoms with E-state index in [4.69, 9.17) is 4.55 Å². The largest absolute Gasteiger partial charge is 0.392 e. The fourth-order valence-corrected chi connectivity index (χ4v) is 4.96. The van der Waals surface area contributed by atoms with Gasteiger partial charge in [0.15, 0.2) is 0 Å². The van der Waals surface area contributed by atoms with Crippen molar-refractivity contribution in [3.05, 3.63) is 12.2 Å². The van der Waals surface area contributed by atoms with Crippen molar-refractivity contribution in [1.82, 2.24) is 4.90 Å². The van der Waals surface area contributed by atoms with Crippen LogP contribution in [0.15, 0.2) is 12.2 Å².